The van der Waals surface area contributed by atoms with Crippen molar-refractivity contribution < 1.29 is 13.6 Å². The van der Waals surface area contributed by atoms with Gasteiger partial charge in [0.25, 0.3) is 0 Å². The summed E-state index contributed by atoms with van der Waals surface area (Å²) in [6.45, 7) is 3.49. The fourth-order valence-electron chi connectivity index (χ4n) is 4.60. The van der Waals surface area contributed by atoms with E-state index in [1.807, 2.05) is 25.1 Å². The molecule has 1 amide bonds. The molecule has 0 unspecified atom stereocenters. The maximum absolute atomic E-state index is 14.7. The molecular weight excluding hydrogens is 456 g/mol. The van der Waals surface area contributed by atoms with Gasteiger partial charge in [-0.25, -0.2) is 23.3 Å². The molecule has 0 bridgehead atoms. The van der Waals surface area contributed by atoms with E-state index in [1.54, 1.807) is 22.3 Å². The van der Waals surface area contributed by atoms with E-state index in [-0.39, 0.29) is 24.9 Å². The number of aryl methyl sites for hydroxylation is 2. The number of fused-ring (bicyclic) bond motifs is 2. The number of imidazole rings is 1. The SMILES string of the molecule is CNc1nc(N[C@H]2CCN(C(C)=O)C[C@H]2F)nn2ccc(-c3ccc4nc(C)n(CCF)c4n3)c12. The topological polar surface area (TPSA) is 105 Å². The van der Waals surface area contributed by atoms with Gasteiger partial charge in [-0.05, 0) is 31.5 Å². The number of nitrogens with one attached hydrogen (secondary N) is 2. The number of rotatable bonds is 6. The predicted molar refractivity (Wildman–Crippen MR) is 129 cm³/mol. The number of amides is 1. The number of alkyl halides is 2. The van der Waals surface area contributed by atoms with Crippen molar-refractivity contribution in [3.8, 4) is 11.3 Å². The third-order valence-corrected chi connectivity index (χ3v) is 6.42. The quantitative estimate of drug-likeness (QED) is 0.435. The highest BCUT2D eigenvalue weighted by Gasteiger charge is 2.31. The van der Waals surface area contributed by atoms with E-state index in [9.17, 15) is 13.6 Å². The number of anilines is 2. The third kappa shape index (κ3) is 4.13. The van der Waals surface area contributed by atoms with E-state index in [0.29, 0.717) is 47.0 Å². The Morgan fingerprint density at radius 3 is 2.77 bits per heavy atom. The van der Waals surface area contributed by atoms with Gasteiger partial charge in [0.05, 0.1) is 24.8 Å². The van der Waals surface area contributed by atoms with Crippen LogP contribution in [0.15, 0.2) is 24.4 Å². The van der Waals surface area contributed by atoms with Crippen LogP contribution < -0.4 is 10.6 Å². The van der Waals surface area contributed by atoms with E-state index in [1.165, 1.54) is 11.8 Å². The molecule has 1 aliphatic rings. The smallest absolute Gasteiger partial charge is 0.243 e. The average molecular weight is 484 g/mol. The first-order chi connectivity index (χ1) is 16.9. The van der Waals surface area contributed by atoms with Crippen molar-refractivity contribution in [3.63, 3.8) is 0 Å². The number of hydrogen-bond acceptors (Lipinski definition) is 7. The fourth-order valence-corrected chi connectivity index (χ4v) is 4.60. The molecule has 184 valence electrons. The Morgan fingerprint density at radius 2 is 2.06 bits per heavy atom. The first-order valence-corrected chi connectivity index (χ1v) is 11.5. The Morgan fingerprint density at radius 1 is 1.23 bits per heavy atom. The van der Waals surface area contributed by atoms with Gasteiger partial charge >= 0.3 is 0 Å². The highest BCUT2D eigenvalue weighted by molar-refractivity contribution is 5.89. The van der Waals surface area contributed by atoms with Gasteiger partial charge in [-0.1, -0.05) is 0 Å². The molecule has 12 heteroatoms. The molecule has 5 heterocycles. The van der Waals surface area contributed by atoms with Crippen LogP contribution in [-0.2, 0) is 11.3 Å². The van der Waals surface area contributed by atoms with Gasteiger partial charge in [0.1, 0.15) is 29.7 Å². The van der Waals surface area contributed by atoms with Gasteiger partial charge in [0, 0.05) is 32.3 Å². The molecule has 2 N–H and O–H groups in total. The molecule has 0 saturated carbocycles. The molecule has 10 nitrogen and oxygen atoms in total. The van der Waals surface area contributed by atoms with E-state index < -0.39 is 18.9 Å². The monoisotopic (exact) mass is 483 g/mol. The second-order valence-corrected chi connectivity index (χ2v) is 8.62. The van der Waals surface area contributed by atoms with Crippen LogP contribution in [-0.4, -0.2) is 79.0 Å². The first-order valence-electron chi connectivity index (χ1n) is 11.5. The molecule has 35 heavy (non-hydrogen) atoms. The summed E-state index contributed by atoms with van der Waals surface area (Å²) in [7, 11) is 1.75. The Labute approximate surface area is 200 Å². The standard InChI is InChI=1S/C23H27F2N9O/c1-13-27-19-5-4-17(28-22(19)33(13)11-8-24)15-6-10-34-20(15)21(26-3)30-23(31-34)29-18-7-9-32(14(2)35)12-16(18)25/h4-6,10,16,18H,7-9,11-12H2,1-3H3,(H2,26,29,30,31)/t16-,18+/m1/s1. The molecule has 1 aliphatic heterocycles. The lowest BCUT2D eigenvalue weighted by Crippen LogP contribution is -2.49. The lowest BCUT2D eigenvalue weighted by atomic mass is 10.0. The van der Waals surface area contributed by atoms with Crippen molar-refractivity contribution in [1.82, 2.24) is 34.0 Å². The van der Waals surface area contributed by atoms with E-state index in [2.05, 4.69) is 25.7 Å². The number of aromatic nitrogens is 6. The highest BCUT2D eigenvalue weighted by atomic mass is 19.1. The van der Waals surface area contributed by atoms with Crippen LogP contribution >= 0.6 is 0 Å². The van der Waals surface area contributed by atoms with Crippen LogP contribution in [0.3, 0.4) is 0 Å². The maximum atomic E-state index is 14.7. The molecule has 1 saturated heterocycles. The summed E-state index contributed by atoms with van der Waals surface area (Å²) in [4.78, 5) is 26.9. The van der Waals surface area contributed by atoms with Crippen LogP contribution in [0.25, 0.3) is 27.9 Å². The van der Waals surface area contributed by atoms with Crippen molar-refractivity contribution in [1.29, 1.82) is 0 Å². The number of nitrogens with zero attached hydrogens (tertiary/aromatic N) is 7. The second kappa shape index (κ2) is 9.08. The van der Waals surface area contributed by atoms with Crippen molar-refractivity contribution in [2.45, 2.75) is 39.0 Å². The molecule has 1 fully saturated rings. The van der Waals surface area contributed by atoms with Gasteiger partial charge in [-0.2, -0.15) is 4.98 Å². The first kappa shape index (κ1) is 22.9. The van der Waals surface area contributed by atoms with E-state index >= 15 is 0 Å². The molecule has 4 aromatic rings. The molecule has 4 aromatic heterocycles. The van der Waals surface area contributed by atoms with Gasteiger partial charge in [-0.15, -0.1) is 5.10 Å². The van der Waals surface area contributed by atoms with Crippen molar-refractivity contribution in [3.05, 3.63) is 30.2 Å². The van der Waals surface area contributed by atoms with Crippen LogP contribution in [0.5, 0.6) is 0 Å². The average Bonchev–Trinajstić information content (AvgIpc) is 3.40. The maximum Gasteiger partial charge on any atom is 0.243 e. The number of hydrogen-bond donors (Lipinski definition) is 2. The van der Waals surface area contributed by atoms with Crippen LogP contribution in [0.2, 0.25) is 0 Å². The molecule has 0 aromatic carbocycles. The van der Waals surface area contributed by atoms with Gasteiger partial charge in [0.2, 0.25) is 11.9 Å². The Bertz CT molecular complexity index is 1400. The Hall–Kier alpha value is -3.83. The lowest BCUT2D eigenvalue weighted by molar-refractivity contribution is -0.131. The summed E-state index contributed by atoms with van der Waals surface area (Å²) >= 11 is 0. The third-order valence-electron chi connectivity index (χ3n) is 6.42. The molecule has 2 atom stereocenters. The minimum Gasteiger partial charge on any atom is -0.371 e. The van der Waals surface area contributed by atoms with Gasteiger partial charge in [0.15, 0.2) is 11.5 Å². The van der Waals surface area contributed by atoms with Crippen LogP contribution in [0.4, 0.5) is 20.5 Å². The summed E-state index contributed by atoms with van der Waals surface area (Å²) in [5, 5.41) is 10.7. The van der Waals surface area contributed by atoms with Crippen LogP contribution in [0, 0.1) is 6.92 Å². The fraction of sp³-hybridized carbons (Fsp3) is 0.435. The van der Waals surface area contributed by atoms with Crippen molar-refractivity contribution in [2.75, 3.05) is 37.4 Å². The number of piperidine rings is 1. The zero-order valence-corrected chi connectivity index (χ0v) is 19.8. The molecular formula is C23H27F2N9O. The summed E-state index contributed by atoms with van der Waals surface area (Å²) < 4.78 is 31.2. The lowest BCUT2D eigenvalue weighted by Gasteiger charge is -2.34. The number of carbonyl (C=O) groups is 1. The Balaban J connectivity index is 1.48. The number of carbonyl (C=O) groups excluding carboxylic acids is 1. The van der Waals surface area contributed by atoms with Crippen LogP contribution in [0.1, 0.15) is 19.2 Å². The predicted octanol–water partition coefficient (Wildman–Crippen LogP) is 2.83. The largest absolute Gasteiger partial charge is 0.371 e. The van der Waals surface area contributed by atoms with Gasteiger partial charge in [-0.3, -0.25) is 4.79 Å². The molecule has 5 rings (SSSR count). The Kier molecular flexibility index (Phi) is 5.95. The molecule has 0 aliphatic carbocycles. The number of likely N-dealkylation sites (tertiary alicyclic amines) is 1. The number of pyridine rings is 1. The molecule has 0 radical (unpaired) electrons. The highest BCUT2D eigenvalue weighted by Crippen LogP contribution is 2.31. The summed E-state index contributed by atoms with van der Waals surface area (Å²) in [5.41, 5.74) is 3.51. The zero-order valence-electron chi connectivity index (χ0n) is 19.8. The minimum absolute atomic E-state index is 0.0500. The van der Waals surface area contributed by atoms with Crippen molar-refractivity contribution in [2.24, 2.45) is 0 Å². The van der Waals surface area contributed by atoms with E-state index in [0.717, 1.165) is 5.56 Å². The van der Waals surface area contributed by atoms with Crippen molar-refractivity contribution >= 4 is 34.4 Å². The zero-order chi connectivity index (χ0) is 24.7. The minimum atomic E-state index is -1.22. The number of halogens is 2. The van der Waals surface area contributed by atoms with E-state index in [4.69, 9.17) is 4.98 Å². The second-order valence-electron chi connectivity index (χ2n) is 8.62. The summed E-state index contributed by atoms with van der Waals surface area (Å²) in [6, 6.07) is 5.12. The summed E-state index contributed by atoms with van der Waals surface area (Å²) in [6.07, 6.45) is 1.03. The van der Waals surface area contributed by atoms with Gasteiger partial charge < -0.3 is 20.1 Å². The summed E-state index contributed by atoms with van der Waals surface area (Å²) in [5.74, 6) is 1.41. The molecule has 0 spiro atoms. The normalized spacial score (nSPS) is 18.4.